The number of carboxylic acids is 1. The molecule has 2 aromatic rings. The van der Waals surface area contributed by atoms with Gasteiger partial charge >= 0.3 is 5.97 Å². The number of hydrogen-bond donors (Lipinski definition) is 2. The van der Waals surface area contributed by atoms with Gasteiger partial charge in [-0.25, -0.2) is 4.79 Å². The van der Waals surface area contributed by atoms with E-state index in [2.05, 4.69) is 0 Å². The van der Waals surface area contributed by atoms with Gasteiger partial charge in [-0.1, -0.05) is 42.5 Å². The van der Waals surface area contributed by atoms with Gasteiger partial charge in [-0.2, -0.15) is 0 Å². The van der Waals surface area contributed by atoms with E-state index in [0.717, 1.165) is 19.3 Å². The zero-order chi connectivity index (χ0) is 19.1. The SMILES string of the molecule is O=C(O)[C@](O)(c1ccccc1)c1cccc(OCCCCC2OC=CO2)c1. The molecule has 0 aromatic heterocycles. The first-order chi connectivity index (χ1) is 13.1. The Balaban J connectivity index is 1.62. The fourth-order valence-corrected chi connectivity index (χ4v) is 2.91. The average molecular weight is 370 g/mol. The molecule has 0 radical (unpaired) electrons. The third-order valence-corrected chi connectivity index (χ3v) is 4.37. The summed E-state index contributed by atoms with van der Waals surface area (Å²) in [6.45, 7) is 0.473. The largest absolute Gasteiger partial charge is 0.494 e. The first kappa shape index (κ1) is 18.8. The van der Waals surface area contributed by atoms with Crippen molar-refractivity contribution in [1.29, 1.82) is 0 Å². The second-order valence-electron chi connectivity index (χ2n) is 6.23. The predicted molar refractivity (Wildman–Crippen MR) is 98.0 cm³/mol. The Morgan fingerprint density at radius 2 is 1.70 bits per heavy atom. The van der Waals surface area contributed by atoms with Crippen LogP contribution in [0, 0.1) is 0 Å². The van der Waals surface area contributed by atoms with E-state index in [0.29, 0.717) is 17.9 Å². The minimum absolute atomic E-state index is 0.218. The molecule has 27 heavy (non-hydrogen) atoms. The van der Waals surface area contributed by atoms with Gasteiger partial charge < -0.3 is 24.4 Å². The molecule has 1 aliphatic rings. The number of carboxylic acid groups (broad SMARTS) is 1. The lowest BCUT2D eigenvalue weighted by atomic mass is 9.86. The van der Waals surface area contributed by atoms with Gasteiger partial charge in [0.25, 0.3) is 0 Å². The van der Waals surface area contributed by atoms with Crippen LogP contribution in [-0.4, -0.2) is 29.1 Å². The Morgan fingerprint density at radius 3 is 2.41 bits per heavy atom. The van der Waals surface area contributed by atoms with Crippen LogP contribution < -0.4 is 4.74 Å². The fraction of sp³-hybridized carbons (Fsp3) is 0.286. The third-order valence-electron chi connectivity index (χ3n) is 4.37. The number of hydrogen-bond acceptors (Lipinski definition) is 5. The maximum absolute atomic E-state index is 11.8. The van der Waals surface area contributed by atoms with E-state index in [9.17, 15) is 15.0 Å². The highest BCUT2D eigenvalue weighted by atomic mass is 16.7. The van der Waals surface area contributed by atoms with E-state index in [1.807, 2.05) is 0 Å². The van der Waals surface area contributed by atoms with Crippen LogP contribution in [0.2, 0.25) is 0 Å². The number of unbranched alkanes of at least 4 members (excludes halogenated alkanes) is 1. The summed E-state index contributed by atoms with van der Waals surface area (Å²) in [4.78, 5) is 11.8. The Bertz CT molecular complexity index is 780. The summed E-state index contributed by atoms with van der Waals surface area (Å²) < 4.78 is 16.1. The van der Waals surface area contributed by atoms with Crippen molar-refractivity contribution in [1.82, 2.24) is 0 Å². The molecule has 0 spiro atoms. The van der Waals surface area contributed by atoms with Gasteiger partial charge in [0.05, 0.1) is 6.61 Å². The number of aliphatic hydroxyl groups is 1. The van der Waals surface area contributed by atoms with Crippen molar-refractivity contribution in [2.75, 3.05) is 6.61 Å². The number of ether oxygens (including phenoxy) is 3. The molecule has 1 heterocycles. The third kappa shape index (κ3) is 4.41. The molecular weight excluding hydrogens is 348 g/mol. The van der Waals surface area contributed by atoms with Crippen LogP contribution in [-0.2, 0) is 19.9 Å². The summed E-state index contributed by atoms with van der Waals surface area (Å²) in [7, 11) is 0. The Morgan fingerprint density at radius 1 is 1.00 bits per heavy atom. The molecule has 2 N–H and O–H groups in total. The van der Waals surface area contributed by atoms with Crippen LogP contribution in [0.25, 0.3) is 0 Å². The highest BCUT2D eigenvalue weighted by Crippen LogP contribution is 2.32. The van der Waals surface area contributed by atoms with Gasteiger partial charge in [-0.3, -0.25) is 0 Å². The van der Waals surface area contributed by atoms with Crippen LogP contribution in [0.3, 0.4) is 0 Å². The molecule has 0 unspecified atom stereocenters. The molecule has 0 bridgehead atoms. The van der Waals surface area contributed by atoms with E-state index < -0.39 is 11.6 Å². The van der Waals surface area contributed by atoms with Crippen LogP contribution in [0.4, 0.5) is 0 Å². The molecule has 6 nitrogen and oxygen atoms in total. The lowest BCUT2D eigenvalue weighted by Gasteiger charge is -2.25. The topological polar surface area (TPSA) is 85.2 Å². The summed E-state index contributed by atoms with van der Waals surface area (Å²) in [5.41, 5.74) is -1.59. The maximum Gasteiger partial charge on any atom is 0.345 e. The molecule has 3 rings (SSSR count). The highest BCUT2D eigenvalue weighted by Gasteiger charge is 2.40. The van der Waals surface area contributed by atoms with Crippen LogP contribution >= 0.6 is 0 Å². The molecule has 142 valence electrons. The minimum Gasteiger partial charge on any atom is -0.494 e. The second-order valence-corrected chi connectivity index (χ2v) is 6.23. The summed E-state index contributed by atoms with van der Waals surface area (Å²) in [5.74, 6) is -0.825. The van der Waals surface area contributed by atoms with E-state index in [1.54, 1.807) is 54.6 Å². The normalized spacial score (nSPS) is 15.6. The number of rotatable bonds is 9. The summed E-state index contributed by atoms with van der Waals surface area (Å²) in [6.07, 6.45) is 5.28. The van der Waals surface area contributed by atoms with Gasteiger partial charge in [0.1, 0.15) is 18.3 Å². The van der Waals surface area contributed by atoms with Gasteiger partial charge in [0.2, 0.25) is 11.9 Å². The van der Waals surface area contributed by atoms with Crippen LogP contribution in [0.15, 0.2) is 67.1 Å². The fourth-order valence-electron chi connectivity index (χ4n) is 2.91. The zero-order valence-corrected chi connectivity index (χ0v) is 14.8. The van der Waals surface area contributed by atoms with Gasteiger partial charge in [-0.05, 0) is 30.5 Å². The van der Waals surface area contributed by atoms with Gasteiger partial charge in [0, 0.05) is 12.0 Å². The van der Waals surface area contributed by atoms with Crippen LogP contribution in [0.1, 0.15) is 30.4 Å². The summed E-state index contributed by atoms with van der Waals surface area (Å²) in [5, 5.41) is 20.6. The summed E-state index contributed by atoms with van der Waals surface area (Å²) in [6, 6.07) is 14.9. The first-order valence-corrected chi connectivity index (χ1v) is 8.81. The minimum atomic E-state index is -2.13. The number of benzene rings is 2. The Hall–Kier alpha value is -2.99. The molecular formula is C21H22O6. The summed E-state index contributed by atoms with van der Waals surface area (Å²) >= 11 is 0. The maximum atomic E-state index is 11.8. The number of carbonyl (C=O) groups is 1. The van der Waals surface area contributed by atoms with E-state index in [-0.39, 0.29) is 11.9 Å². The quantitative estimate of drug-likeness (QED) is 0.658. The van der Waals surface area contributed by atoms with Crippen molar-refractivity contribution in [3.63, 3.8) is 0 Å². The highest BCUT2D eigenvalue weighted by molar-refractivity contribution is 5.83. The molecule has 0 amide bonds. The standard InChI is InChI=1S/C21H22O6/c22-20(23)21(24,16-7-2-1-3-8-16)17-9-6-10-18(15-17)25-12-5-4-11-19-26-13-14-27-19/h1-3,6-10,13-15,19,24H,4-5,11-12H2,(H,22,23)/t21-/m0/s1. The van der Waals surface area contributed by atoms with Crippen molar-refractivity contribution in [3.05, 3.63) is 78.2 Å². The van der Waals surface area contributed by atoms with Gasteiger partial charge in [-0.15, -0.1) is 0 Å². The van der Waals surface area contributed by atoms with Crippen LogP contribution in [0.5, 0.6) is 5.75 Å². The molecule has 1 aliphatic heterocycles. The molecule has 1 atom stereocenters. The lowest BCUT2D eigenvalue weighted by molar-refractivity contribution is -0.155. The average Bonchev–Trinajstić information content (AvgIpc) is 3.21. The van der Waals surface area contributed by atoms with E-state index in [1.165, 1.54) is 12.5 Å². The molecule has 2 aromatic carbocycles. The zero-order valence-electron chi connectivity index (χ0n) is 14.8. The van der Waals surface area contributed by atoms with Gasteiger partial charge in [0.15, 0.2) is 0 Å². The molecule has 0 saturated carbocycles. The monoisotopic (exact) mass is 370 g/mol. The van der Waals surface area contributed by atoms with E-state index in [4.69, 9.17) is 14.2 Å². The van der Waals surface area contributed by atoms with Crippen molar-refractivity contribution >= 4 is 5.97 Å². The second kappa shape index (κ2) is 8.60. The van der Waals surface area contributed by atoms with Crippen molar-refractivity contribution in [3.8, 4) is 5.75 Å². The Kier molecular flexibility index (Phi) is 5.98. The van der Waals surface area contributed by atoms with Crippen molar-refractivity contribution in [2.24, 2.45) is 0 Å². The smallest absolute Gasteiger partial charge is 0.345 e. The Labute approximate surface area is 157 Å². The first-order valence-electron chi connectivity index (χ1n) is 8.81. The van der Waals surface area contributed by atoms with E-state index >= 15 is 0 Å². The lowest BCUT2D eigenvalue weighted by Crippen LogP contribution is -2.36. The van der Waals surface area contributed by atoms with Crippen molar-refractivity contribution in [2.45, 2.75) is 31.2 Å². The molecule has 0 fully saturated rings. The molecule has 6 heteroatoms. The number of aliphatic carboxylic acids is 1. The predicted octanol–water partition coefficient (Wildman–Crippen LogP) is 3.40. The molecule has 0 saturated heterocycles. The van der Waals surface area contributed by atoms with Crippen molar-refractivity contribution < 1.29 is 29.2 Å². The molecule has 0 aliphatic carbocycles.